The van der Waals surface area contributed by atoms with E-state index in [0.717, 1.165) is 16.5 Å². The van der Waals surface area contributed by atoms with Gasteiger partial charge >= 0.3 is 0 Å². The minimum absolute atomic E-state index is 0.157. The fourth-order valence-corrected chi connectivity index (χ4v) is 2.72. The number of nitrogens with two attached hydrogens (primary N) is 1. The zero-order chi connectivity index (χ0) is 14.5. The summed E-state index contributed by atoms with van der Waals surface area (Å²) in [5, 5.41) is 0. The fraction of sp³-hybridized carbons (Fsp3) is 0.294. The highest BCUT2D eigenvalue weighted by Crippen LogP contribution is 2.20. The van der Waals surface area contributed by atoms with Crippen LogP contribution in [0.1, 0.15) is 16.7 Å². The minimum Gasteiger partial charge on any atom is -0.330 e. The SMILES string of the molecule is Cc1ccc(CC(CN)Cc2cc(Br)ccc2F)cc1. The van der Waals surface area contributed by atoms with E-state index in [1.54, 1.807) is 6.07 Å². The molecular formula is C17H19BrFN. The van der Waals surface area contributed by atoms with Gasteiger partial charge in [0.2, 0.25) is 0 Å². The Kier molecular flexibility index (Phi) is 5.32. The zero-order valence-electron chi connectivity index (χ0n) is 11.6. The quantitative estimate of drug-likeness (QED) is 0.868. The summed E-state index contributed by atoms with van der Waals surface area (Å²) in [6.07, 6.45) is 1.54. The van der Waals surface area contributed by atoms with Gasteiger partial charge in [0, 0.05) is 4.47 Å². The molecule has 0 radical (unpaired) electrons. The van der Waals surface area contributed by atoms with Crippen LogP contribution >= 0.6 is 15.9 Å². The highest BCUT2D eigenvalue weighted by Gasteiger charge is 2.12. The first-order valence-electron chi connectivity index (χ1n) is 6.78. The molecule has 106 valence electrons. The summed E-state index contributed by atoms with van der Waals surface area (Å²) in [5.41, 5.74) is 9.07. The van der Waals surface area contributed by atoms with Gasteiger partial charge in [0.15, 0.2) is 0 Å². The first-order valence-corrected chi connectivity index (χ1v) is 7.57. The topological polar surface area (TPSA) is 26.0 Å². The lowest BCUT2D eigenvalue weighted by molar-refractivity contribution is 0.511. The molecule has 0 amide bonds. The van der Waals surface area contributed by atoms with Crippen molar-refractivity contribution in [2.24, 2.45) is 11.7 Å². The largest absolute Gasteiger partial charge is 0.330 e. The van der Waals surface area contributed by atoms with Crippen molar-refractivity contribution in [2.75, 3.05) is 6.54 Å². The van der Waals surface area contributed by atoms with E-state index in [1.807, 2.05) is 6.07 Å². The molecule has 0 aliphatic heterocycles. The van der Waals surface area contributed by atoms with Crippen molar-refractivity contribution in [3.63, 3.8) is 0 Å². The van der Waals surface area contributed by atoms with E-state index >= 15 is 0 Å². The maximum Gasteiger partial charge on any atom is 0.126 e. The van der Waals surface area contributed by atoms with Gasteiger partial charge in [-0.25, -0.2) is 4.39 Å². The third-order valence-corrected chi connectivity index (χ3v) is 3.99. The van der Waals surface area contributed by atoms with Crippen LogP contribution in [0.4, 0.5) is 4.39 Å². The highest BCUT2D eigenvalue weighted by molar-refractivity contribution is 9.10. The number of hydrogen-bond acceptors (Lipinski definition) is 1. The van der Waals surface area contributed by atoms with Gasteiger partial charge < -0.3 is 5.73 Å². The van der Waals surface area contributed by atoms with Gasteiger partial charge in [-0.1, -0.05) is 45.8 Å². The van der Waals surface area contributed by atoms with E-state index in [0.29, 0.717) is 13.0 Å². The van der Waals surface area contributed by atoms with Crippen LogP contribution in [0.25, 0.3) is 0 Å². The molecule has 2 aromatic carbocycles. The second-order valence-electron chi connectivity index (χ2n) is 5.23. The Hall–Kier alpha value is -1.19. The molecule has 0 saturated heterocycles. The summed E-state index contributed by atoms with van der Waals surface area (Å²) in [4.78, 5) is 0. The van der Waals surface area contributed by atoms with Gasteiger partial charge in [-0.05, 0) is 61.6 Å². The minimum atomic E-state index is -0.157. The monoisotopic (exact) mass is 335 g/mol. The molecule has 1 atom stereocenters. The molecule has 1 unspecified atom stereocenters. The van der Waals surface area contributed by atoms with Crippen LogP contribution in [-0.4, -0.2) is 6.54 Å². The Labute approximate surface area is 128 Å². The number of rotatable bonds is 5. The van der Waals surface area contributed by atoms with Crippen molar-refractivity contribution in [1.29, 1.82) is 0 Å². The van der Waals surface area contributed by atoms with Crippen molar-refractivity contribution in [1.82, 2.24) is 0 Å². The lowest BCUT2D eigenvalue weighted by Crippen LogP contribution is -2.20. The van der Waals surface area contributed by atoms with E-state index in [4.69, 9.17) is 5.73 Å². The number of halogens is 2. The van der Waals surface area contributed by atoms with Crippen LogP contribution in [0.3, 0.4) is 0 Å². The molecule has 0 heterocycles. The smallest absolute Gasteiger partial charge is 0.126 e. The standard InChI is InChI=1S/C17H19BrFN/c1-12-2-4-13(5-3-12)8-14(11-20)9-15-10-16(18)6-7-17(15)19/h2-7,10,14H,8-9,11,20H2,1H3. The molecule has 0 aliphatic carbocycles. The van der Waals surface area contributed by atoms with Crippen LogP contribution in [0.15, 0.2) is 46.9 Å². The Bertz CT molecular complexity index is 566. The predicted molar refractivity (Wildman–Crippen MR) is 85.2 cm³/mol. The molecule has 0 bridgehead atoms. The second-order valence-corrected chi connectivity index (χ2v) is 6.15. The number of hydrogen-bond donors (Lipinski definition) is 1. The van der Waals surface area contributed by atoms with Crippen LogP contribution in [0.2, 0.25) is 0 Å². The molecule has 0 aromatic heterocycles. The predicted octanol–water partition coefficient (Wildman–Crippen LogP) is 4.26. The van der Waals surface area contributed by atoms with Crippen LogP contribution in [-0.2, 0) is 12.8 Å². The first kappa shape index (κ1) is 15.2. The molecule has 2 N–H and O–H groups in total. The summed E-state index contributed by atoms with van der Waals surface area (Å²) in [7, 11) is 0. The average Bonchev–Trinajstić information content (AvgIpc) is 2.44. The summed E-state index contributed by atoms with van der Waals surface area (Å²) in [6.45, 7) is 2.63. The summed E-state index contributed by atoms with van der Waals surface area (Å²) < 4.78 is 14.7. The van der Waals surface area contributed by atoms with Gasteiger partial charge in [-0.3, -0.25) is 0 Å². The maximum absolute atomic E-state index is 13.8. The molecule has 20 heavy (non-hydrogen) atoms. The van der Waals surface area contributed by atoms with E-state index in [2.05, 4.69) is 47.1 Å². The van der Waals surface area contributed by atoms with Gasteiger partial charge in [-0.15, -0.1) is 0 Å². The van der Waals surface area contributed by atoms with E-state index in [1.165, 1.54) is 17.2 Å². The molecule has 0 fully saturated rings. The lowest BCUT2D eigenvalue weighted by atomic mass is 9.92. The summed E-state index contributed by atoms with van der Waals surface area (Å²) in [6, 6.07) is 13.5. The molecule has 1 nitrogen and oxygen atoms in total. The number of benzene rings is 2. The van der Waals surface area contributed by atoms with E-state index in [-0.39, 0.29) is 11.7 Å². The first-order chi connectivity index (χ1) is 9.58. The summed E-state index contributed by atoms with van der Waals surface area (Å²) >= 11 is 3.39. The van der Waals surface area contributed by atoms with Crippen molar-refractivity contribution >= 4 is 15.9 Å². The van der Waals surface area contributed by atoms with Gasteiger partial charge in [-0.2, -0.15) is 0 Å². The third-order valence-electron chi connectivity index (χ3n) is 3.49. The Morgan fingerprint density at radius 3 is 2.45 bits per heavy atom. The van der Waals surface area contributed by atoms with Crippen molar-refractivity contribution < 1.29 is 4.39 Å². The highest BCUT2D eigenvalue weighted by atomic mass is 79.9. The molecule has 2 rings (SSSR count). The molecule has 0 spiro atoms. The van der Waals surface area contributed by atoms with Crippen LogP contribution < -0.4 is 5.73 Å². The van der Waals surface area contributed by atoms with Crippen LogP contribution in [0.5, 0.6) is 0 Å². The Balaban J connectivity index is 2.08. The molecular weight excluding hydrogens is 317 g/mol. The van der Waals surface area contributed by atoms with Crippen molar-refractivity contribution in [3.8, 4) is 0 Å². The maximum atomic E-state index is 13.8. The molecule has 2 aromatic rings. The van der Waals surface area contributed by atoms with Crippen molar-refractivity contribution in [2.45, 2.75) is 19.8 Å². The van der Waals surface area contributed by atoms with E-state index < -0.39 is 0 Å². The van der Waals surface area contributed by atoms with E-state index in [9.17, 15) is 4.39 Å². The van der Waals surface area contributed by atoms with Gasteiger partial charge in [0.1, 0.15) is 5.82 Å². The van der Waals surface area contributed by atoms with Gasteiger partial charge in [0.25, 0.3) is 0 Å². The molecule has 0 aliphatic rings. The van der Waals surface area contributed by atoms with Crippen LogP contribution in [0, 0.1) is 18.7 Å². The number of aryl methyl sites for hydroxylation is 1. The fourth-order valence-electron chi connectivity index (χ4n) is 2.31. The summed E-state index contributed by atoms with van der Waals surface area (Å²) in [5.74, 6) is 0.0945. The Morgan fingerprint density at radius 1 is 1.10 bits per heavy atom. The molecule has 0 saturated carbocycles. The third kappa shape index (κ3) is 4.15. The Morgan fingerprint density at radius 2 is 1.80 bits per heavy atom. The van der Waals surface area contributed by atoms with Gasteiger partial charge in [0.05, 0.1) is 0 Å². The normalized spacial score (nSPS) is 12.4. The lowest BCUT2D eigenvalue weighted by Gasteiger charge is -2.16. The average molecular weight is 336 g/mol. The zero-order valence-corrected chi connectivity index (χ0v) is 13.2. The molecule has 3 heteroatoms. The second kappa shape index (κ2) is 7.00. The van der Waals surface area contributed by atoms with Crippen molar-refractivity contribution in [3.05, 3.63) is 69.4 Å².